The Morgan fingerprint density at radius 2 is 1.86 bits per heavy atom. The number of hydrogen-bond donors (Lipinski definition) is 2. The van der Waals surface area contributed by atoms with Gasteiger partial charge in [-0.05, 0) is 48.5 Å². The number of ether oxygens (including phenoxy) is 1. The normalized spacial score (nSPS) is 10.8. The number of methoxy groups -OCH3 is 1. The Kier molecular flexibility index (Phi) is 4.94. The number of fused-ring (bicyclic) bond motifs is 1. The van der Waals surface area contributed by atoms with E-state index in [0.717, 1.165) is 11.0 Å². The third-order valence-corrected chi connectivity index (χ3v) is 4.91. The number of anilines is 1. The van der Waals surface area contributed by atoms with Gasteiger partial charge < -0.3 is 15.0 Å². The number of aromatic amines is 1. The number of para-hydroxylation sites is 2. The molecule has 0 fully saturated rings. The number of aromatic nitrogens is 2. The van der Waals surface area contributed by atoms with Gasteiger partial charge in [0.1, 0.15) is 11.6 Å². The summed E-state index contributed by atoms with van der Waals surface area (Å²) in [6.07, 6.45) is 0. The number of nitrogens with zero attached hydrogens (tertiary/aromatic N) is 1. The van der Waals surface area contributed by atoms with Crippen LogP contribution in [0.3, 0.4) is 0 Å². The summed E-state index contributed by atoms with van der Waals surface area (Å²) in [5.41, 5.74) is 3.47. The average Bonchev–Trinajstić information content (AvgIpc) is 3.13. The minimum Gasteiger partial charge on any atom is -0.495 e. The lowest BCUT2D eigenvalue weighted by molar-refractivity contribution is 0.102. The van der Waals surface area contributed by atoms with Crippen molar-refractivity contribution < 1.29 is 9.53 Å². The molecule has 0 aliphatic carbocycles. The molecule has 0 radical (unpaired) electrons. The van der Waals surface area contributed by atoms with Crippen LogP contribution in [0.4, 0.5) is 5.69 Å². The van der Waals surface area contributed by atoms with E-state index in [-0.39, 0.29) is 5.91 Å². The lowest BCUT2D eigenvalue weighted by Gasteiger charge is -2.09. The number of carbonyl (C=O) groups excluding carboxylic acids is 1. The zero-order chi connectivity index (χ0) is 19.7. The van der Waals surface area contributed by atoms with Gasteiger partial charge in [-0.3, -0.25) is 4.79 Å². The van der Waals surface area contributed by atoms with Crippen LogP contribution in [-0.2, 0) is 0 Å². The molecule has 7 heteroatoms. The van der Waals surface area contributed by atoms with Gasteiger partial charge in [-0.25, -0.2) is 4.98 Å². The van der Waals surface area contributed by atoms with E-state index >= 15 is 0 Å². The van der Waals surface area contributed by atoms with E-state index < -0.39 is 0 Å². The van der Waals surface area contributed by atoms with Crippen LogP contribution in [-0.4, -0.2) is 23.0 Å². The summed E-state index contributed by atoms with van der Waals surface area (Å²) in [4.78, 5) is 20.4. The largest absolute Gasteiger partial charge is 0.495 e. The van der Waals surface area contributed by atoms with Crippen molar-refractivity contribution in [1.29, 1.82) is 0 Å². The van der Waals surface area contributed by atoms with Crippen LogP contribution < -0.4 is 10.1 Å². The van der Waals surface area contributed by atoms with Gasteiger partial charge in [0, 0.05) is 16.8 Å². The Morgan fingerprint density at radius 1 is 1.04 bits per heavy atom. The van der Waals surface area contributed by atoms with Crippen molar-refractivity contribution in [2.24, 2.45) is 0 Å². The summed E-state index contributed by atoms with van der Waals surface area (Å²) in [5, 5.41) is 3.76. The molecule has 4 aromatic rings. The lowest BCUT2D eigenvalue weighted by atomic mass is 10.1. The van der Waals surface area contributed by atoms with Gasteiger partial charge in [0.25, 0.3) is 5.91 Å². The molecule has 0 spiro atoms. The summed E-state index contributed by atoms with van der Waals surface area (Å²) >= 11 is 12.5. The highest BCUT2D eigenvalue weighted by Gasteiger charge is 2.13. The maximum absolute atomic E-state index is 12.6. The van der Waals surface area contributed by atoms with E-state index in [1.807, 2.05) is 24.3 Å². The second-order valence-electron chi connectivity index (χ2n) is 6.10. The molecule has 0 unspecified atom stereocenters. The molecule has 0 aliphatic rings. The van der Waals surface area contributed by atoms with E-state index in [9.17, 15) is 4.79 Å². The Labute approximate surface area is 171 Å². The molecule has 4 rings (SSSR count). The Morgan fingerprint density at radius 3 is 2.61 bits per heavy atom. The van der Waals surface area contributed by atoms with Gasteiger partial charge in [-0.15, -0.1) is 0 Å². The van der Waals surface area contributed by atoms with Crippen molar-refractivity contribution >= 4 is 45.8 Å². The van der Waals surface area contributed by atoms with Crippen molar-refractivity contribution in [2.45, 2.75) is 0 Å². The topological polar surface area (TPSA) is 67.0 Å². The fraction of sp³-hybridized carbons (Fsp3) is 0.0476. The zero-order valence-corrected chi connectivity index (χ0v) is 16.3. The van der Waals surface area contributed by atoms with Crippen molar-refractivity contribution in [3.05, 3.63) is 76.3 Å². The molecular formula is C21H15Cl2N3O2. The Balaban J connectivity index is 1.63. The average molecular weight is 412 g/mol. The fourth-order valence-corrected chi connectivity index (χ4v) is 3.34. The van der Waals surface area contributed by atoms with E-state index in [1.54, 1.807) is 36.4 Å². The molecule has 0 atom stereocenters. The molecule has 5 nitrogen and oxygen atoms in total. The highest BCUT2D eigenvalue weighted by atomic mass is 35.5. The number of imidazole rings is 1. The minimum absolute atomic E-state index is 0.289. The van der Waals surface area contributed by atoms with Crippen molar-refractivity contribution in [1.82, 2.24) is 9.97 Å². The molecule has 1 heterocycles. The monoisotopic (exact) mass is 411 g/mol. The van der Waals surface area contributed by atoms with Crippen molar-refractivity contribution in [2.75, 3.05) is 12.4 Å². The number of carbonyl (C=O) groups is 1. The molecule has 0 saturated carbocycles. The number of H-pyrrole nitrogens is 1. The number of rotatable bonds is 4. The summed E-state index contributed by atoms with van der Waals surface area (Å²) in [5.74, 6) is 0.856. The number of halogens is 2. The van der Waals surface area contributed by atoms with E-state index in [0.29, 0.717) is 38.4 Å². The first-order valence-corrected chi connectivity index (χ1v) is 9.20. The van der Waals surface area contributed by atoms with E-state index in [4.69, 9.17) is 27.9 Å². The Hall–Kier alpha value is -3.02. The molecule has 0 aliphatic heterocycles. The molecule has 3 aromatic carbocycles. The first kappa shape index (κ1) is 18.3. The molecule has 2 N–H and O–H groups in total. The Bertz CT molecular complexity index is 1150. The number of nitrogens with one attached hydrogen (secondary N) is 2. The summed E-state index contributed by atoms with van der Waals surface area (Å²) in [7, 11) is 1.52. The predicted molar refractivity (Wildman–Crippen MR) is 112 cm³/mol. The fourth-order valence-electron chi connectivity index (χ4n) is 2.88. The number of amides is 1. The molecule has 28 heavy (non-hydrogen) atoms. The third kappa shape index (κ3) is 3.54. The minimum atomic E-state index is -0.289. The van der Waals surface area contributed by atoms with Gasteiger partial charge in [-0.2, -0.15) is 0 Å². The summed E-state index contributed by atoms with van der Waals surface area (Å²) < 4.78 is 5.11. The third-order valence-electron chi connectivity index (χ3n) is 4.28. The van der Waals surface area contributed by atoms with Crippen LogP contribution in [0.1, 0.15) is 10.4 Å². The van der Waals surface area contributed by atoms with Crippen LogP contribution in [0.15, 0.2) is 60.7 Å². The molecule has 1 aromatic heterocycles. The SMILES string of the molecule is COc1ccc(C(=O)Nc2ccc(Cl)c(-c3nc4ccccc4[nH]3)c2)cc1Cl. The van der Waals surface area contributed by atoms with Gasteiger partial charge in [0.05, 0.1) is 28.2 Å². The van der Waals surface area contributed by atoms with Crippen LogP contribution in [0.2, 0.25) is 10.0 Å². The number of hydrogen-bond acceptors (Lipinski definition) is 3. The first-order chi connectivity index (χ1) is 13.5. The quantitative estimate of drug-likeness (QED) is 0.445. The van der Waals surface area contributed by atoms with Crippen LogP contribution in [0, 0.1) is 0 Å². The van der Waals surface area contributed by atoms with Crippen LogP contribution in [0.25, 0.3) is 22.4 Å². The summed E-state index contributed by atoms with van der Waals surface area (Å²) in [6, 6.07) is 17.8. The molecule has 140 valence electrons. The van der Waals surface area contributed by atoms with Gasteiger partial charge in [0.15, 0.2) is 0 Å². The van der Waals surface area contributed by atoms with Gasteiger partial charge >= 0.3 is 0 Å². The highest BCUT2D eigenvalue weighted by molar-refractivity contribution is 6.33. The van der Waals surface area contributed by atoms with Crippen molar-refractivity contribution in [3.63, 3.8) is 0 Å². The van der Waals surface area contributed by atoms with E-state index in [1.165, 1.54) is 7.11 Å². The maximum atomic E-state index is 12.6. The predicted octanol–water partition coefficient (Wildman–Crippen LogP) is 5.80. The summed E-state index contributed by atoms with van der Waals surface area (Å²) in [6.45, 7) is 0. The standard InChI is InChI=1S/C21H15Cl2N3O2/c1-28-19-9-6-12(10-16(19)23)21(27)24-13-7-8-15(22)14(11-13)20-25-17-4-2-3-5-18(17)26-20/h2-11H,1H3,(H,24,27)(H,25,26). The van der Waals surface area contributed by atoms with Gasteiger partial charge in [0.2, 0.25) is 0 Å². The number of benzene rings is 3. The second-order valence-corrected chi connectivity index (χ2v) is 6.92. The molecule has 0 bridgehead atoms. The van der Waals surface area contributed by atoms with Crippen LogP contribution >= 0.6 is 23.2 Å². The first-order valence-electron chi connectivity index (χ1n) is 8.45. The molecular weight excluding hydrogens is 397 g/mol. The van der Waals surface area contributed by atoms with E-state index in [2.05, 4.69) is 15.3 Å². The zero-order valence-electron chi connectivity index (χ0n) is 14.8. The van der Waals surface area contributed by atoms with Crippen LogP contribution in [0.5, 0.6) is 5.75 Å². The van der Waals surface area contributed by atoms with Crippen molar-refractivity contribution in [3.8, 4) is 17.1 Å². The molecule has 1 amide bonds. The maximum Gasteiger partial charge on any atom is 0.255 e. The second kappa shape index (κ2) is 7.54. The highest BCUT2D eigenvalue weighted by Crippen LogP contribution is 2.31. The smallest absolute Gasteiger partial charge is 0.255 e. The molecule has 0 saturated heterocycles. The lowest BCUT2D eigenvalue weighted by Crippen LogP contribution is -2.12. The van der Waals surface area contributed by atoms with Gasteiger partial charge in [-0.1, -0.05) is 35.3 Å².